The number of carbonyl (C=O) groups excluding carboxylic acids is 2. The van der Waals surface area contributed by atoms with E-state index in [1.807, 2.05) is 23.6 Å². The van der Waals surface area contributed by atoms with Crippen molar-refractivity contribution in [1.82, 2.24) is 4.98 Å². The molecular formula is C24H19ClN2O3S. The number of benzene rings is 3. The molecule has 0 bridgehead atoms. The molecule has 31 heavy (non-hydrogen) atoms. The van der Waals surface area contributed by atoms with Gasteiger partial charge in [-0.05, 0) is 35.0 Å². The molecule has 0 aliphatic rings. The molecule has 156 valence electrons. The van der Waals surface area contributed by atoms with E-state index in [2.05, 4.69) is 34.6 Å². The molecule has 1 aromatic heterocycles. The number of nitrogens with one attached hydrogen (secondary N) is 1. The van der Waals surface area contributed by atoms with Gasteiger partial charge in [-0.2, -0.15) is 0 Å². The van der Waals surface area contributed by atoms with E-state index in [9.17, 15) is 9.59 Å². The number of nitrogens with zero attached hydrogens (tertiary/aromatic N) is 1. The first-order valence-corrected chi connectivity index (χ1v) is 10.9. The summed E-state index contributed by atoms with van der Waals surface area (Å²) in [7, 11) is 1.49. The van der Waals surface area contributed by atoms with Crippen LogP contribution in [0.5, 0.6) is 5.75 Å². The van der Waals surface area contributed by atoms with Gasteiger partial charge >= 0.3 is 0 Å². The minimum absolute atomic E-state index is 0.0411. The molecule has 0 aliphatic carbocycles. The summed E-state index contributed by atoms with van der Waals surface area (Å²) in [6, 6.07) is 19.1. The first-order chi connectivity index (χ1) is 15.0. The summed E-state index contributed by atoms with van der Waals surface area (Å²) in [6.45, 7) is 0. The minimum atomic E-state index is -0.270. The molecular weight excluding hydrogens is 432 g/mol. The van der Waals surface area contributed by atoms with E-state index in [-0.39, 0.29) is 24.5 Å². The van der Waals surface area contributed by atoms with Crippen molar-refractivity contribution in [3.05, 3.63) is 76.6 Å². The smallest absolute Gasteiger partial charge is 0.226 e. The van der Waals surface area contributed by atoms with Crippen molar-refractivity contribution in [2.45, 2.75) is 12.8 Å². The molecule has 4 rings (SSSR count). The molecule has 0 spiro atoms. The summed E-state index contributed by atoms with van der Waals surface area (Å²) < 4.78 is 5.21. The highest BCUT2D eigenvalue weighted by Crippen LogP contribution is 2.28. The lowest BCUT2D eigenvalue weighted by atomic mass is 10.1. The lowest BCUT2D eigenvalue weighted by Gasteiger charge is -2.08. The fourth-order valence-corrected chi connectivity index (χ4v) is 4.16. The number of hydrogen-bond donors (Lipinski definition) is 1. The Morgan fingerprint density at radius 2 is 1.84 bits per heavy atom. The number of Topliss-reactive ketones (excluding diaryl/α,β-unsaturated/α-hetero) is 1. The molecule has 0 atom stereocenters. The highest BCUT2D eigenvalue weighted by molar-refractivity contribution is 7.14. The van der Waals surface area contributed by atoms with Crippen LogP contribution in [0.2, 0.25) is 5.02 Å². The zero-order valence-corrected chi connectivity index (χ0v) is 18.3. The summed E-state index contributed by atoms with van der Waals surface area (Å²) in [4.78, 5) is 29.4. The quantitative estimate of drug-likeness (QED) is 0.339. The molecule has 1 amide bonds. The van der Waals surface area contributed by atoms with Gasteiger partial charge in [-0.15, -0.1) is 11.3 Å². The molecule has 0 saturated heterocycles. The van der Waals surface area contributed by atoms with Crippen LogP contribution in [0.15, 0.2) is 66.0 Å². The van der Waals surface area contributed by atoms with Gasteiger partial charge in [0.15, 0.2) is 10.9 Å². The summed E-state index contributed by atoms with van der Waals surface area (Å²) in [5.41, 5.74) is 2.15. The maximum atomic E-state index is 12.5. The van der Waals surface area contributed by atoms with Crippen LogP contribution in [-0.2, 0) is 4.79 Å². The third kappa shape index (κ3) is 4.93. The lowest BCUT2D eigenvalue weighted by Crippen LogP contribution is -2.13. The maximum Gasteiger partial charge on any atom is 0.226 e. The molecule has 7 heteroatoms. The highest BCUT2D eigenvalue weighted by atomic mass is 35.5. The summed E-state index contributed by atoms with van der Waals surface area (Å²) in [5, 5.41) is 7.92. The molecule has 0 unspecified atom stereocenters. The Kier molecular flexibility index (Phi) is 6.30. The third-order valence-corrected chi connectivity index (χ3v) is 5.83. The van der Waals surface area contributed by atoms with Crippen LogP contribution in [0.25, 0.3) is 22.0 Å². The summed E-state index contributed by atoms with van der Waals surface area (Å²) in [5.74, 6) is -0.0333. The number of fused-ring (bicyclic) bond motifs is 1. The number of methoxy groups -OCH3 is 1. The van der Waals surface area contributed by atoms with Crippen LogP contribution >= 0.6 is 22.9 Å². The molecule has 0 fully saturated rings. The Bertz CT molecular complexity index is 1270. The van der Waals surface area contributed by atoms with E-state index in [0.29, 0.717) is 21.5 Å². The van der Waals surface area contributed by atoms with Crippen LogP contribution in [0.3, 0.4) is 0 Å². The molecule has 4 aromatic rings. The fraction of sp³-hybridized carbons (Fsp3) is 0.125. The predicted octanol–water partition coefficient (Wildman–Crippen LogP) is 6.23. The van der Waals surface area contributed by atoms with Crippen molar-refractivity contribution in [3.63, 3.8) is 0 Å². The van der Waals surface area contributed by atoms with Crippen molar-refractivity contribution in [2.75, 3.05) is 12.4 Å². The zero-order valence-electron chi connectivity index (χ0n) is 16.7. The zero-order chi connectivity index (χ0) is 21.8. The average molecular weight is 451 g/mol. The van der Waals surface area contributed by atoms with Gasteiger partial charge in [0.05, 0.1) is 18.4 Å². The fourth-order valence-electron chi connectivity index (χ4n) is 3.25. The van der Waals surface area contributed by atoms with E-state index in [4.69, 9.17) is 16.3 Å². The van der Waals surface area contributed by atoms with Crippen LogP contribution in [0.1, 0.15) is 23.2 Å². The summed E-state index contributed by atoms with van der Waals surface area (Å²) in [6.07, 6.45) is 0.0881. The number of aromatic nitrogens is 1. The minimum Gasteiger partial charge on any atom is -0.496 e. The van der Waals surface area contributed by atoms with Crippen molar-refractivity contribution in [3.8, 4) is 17.0 Å². The van der Waals surface area contributed by atoms with Crippen molar-refractivity contribution >= 4 is 50.5 Å². The van der Waals surface area contributed by atoms with Crippen LogP contribution in [-0.4, -0.2) is 23.8 Å². The molecule has 1 N–H and O–H groups in total. The number of halogens is 1. The van der Waals surface area contributed by atoms with Crippen LogP contribution in [0.4, 0.5) is 5.13 Å². The number of carbonyl (C=O) groups is 2. The number of ketones is 1. The van der Waals surface area contributed by atoms with E-state index < -0.39 is 0 Å². The van der Waals surface area contributed by atoms with E-state index in [1.165, 1.54) is 18.4 Å². The monoisotopic (exact) mass is 450 g/mol. The van der Waals surface area contributed by atoms with E-state index in [1.54, 1.807) is 18.2 Å². The second-order valence-electron chi connectivity index (χ2n) is 6.92. The van der Waals surface area contributed by atoms with Gasteiger partial charge in [0.25, 0.3) is 0 Å². The van der Waals surface area contributed by atoms with Gasteiger partial charge in [-0.25, -0.2) is 4.98 Å². The van der Waals surface area contributed by atoms with E-state index >= 15 is 0 Å². The number of amides is 1. The largest absolute Gasteiger partial charge is 0.496 e. The normalized spacial score (nSPS) is 10.8. The van der Waals surface area contributed by atoms with Crippen molar-refractivity contribution < 1.29 is 14.3 Å². The number of thiazole rings is 1. The first-order valence-electron chi connectivity index (χ1n) is 9.65. The first kappa shape index (κ1) is 21.0. The number of rotatable bonds is 7. The number of anilines is 1. The van der Waals surface area contributed by atoms with Gasteiger partial charge < -0.3 is 10.1 Å². The molecule has 1 heterocycles. The lowest BCUT2D eigenvalue weighted by molar-refractivity contribution is -0.116. The van der Waals surface area contributed by atoms with Gasteiger partial charge in [-0.3, -0.25) is 9.59 Å². The Hall–Kier alpha value is -3.22. The van der Waals surface area contributed by atoms with Gasteiger partial charge in [0, 0.05) is 28.8 Å². The predicted molar refractivity (Wildman–Crippen MR) is 125 cm³/mol. The van der Waals surface area contributed by atoms with Crippen molar-refractivity contribution in [2.24, 2.45) is 0 Å². The van der Waals surface area contributed by atoms with Gasteiger partial charge in [0.2, 0.25) is 5.91 Å². The van der Waals surface area contributed by atoms with Gasteiger partial charge in [0.1, 0.15) is 5.75 Å². The van der Waals surface area contributed by atoms with Gasteiger partial charge in [-0.1, -0.05) is 48.0 Å². The molecule has 5 nitrogen and oxygen atoms in total. The van der Waals surface area contributed by atoms with Crippen LogP contribution in [0, 0.1) is 0 Å². The second-order valence-corrected chi connectivity index (χ2v) is 8.21. The Morgan fingerprint density at radius 3 is 2.65 bits per heavy atom. The Labute approximate surface area is 188 Å². The summed E-state index contributed by atoms with van der Waals surface area (Å²) >= 11 is 7.33. The maximum absolute atomic E-state index is 12.5. The standard InChI is InChI=1S/C24H19ClN2O3S/c1-30-22-10-8-18(25)13-19(22)21(28)9-11-23(29)27-24-26-20(14-31-24)17-7-6-15-4-2-3-5-16(15)12-17/h2-8,10,12-14H,9,11H2,1H3,(H,26,27,29). The number of ether oxygens (including phenoxy) is 1. The molecule has 0 radical (unpaired) electrons. The Morgan fingerprint density at radius 1 is 1.03 bits per heavy atom. The SMILES string of the molecule is COc1ccc(Cl)cc1C(=O)CCC(=O)Nc1nc(-c2ccc3ccccc3c2)cs1. The molecule has 0 aliphatic heterocycles. The van der Waals surface area contributed by atoms with Crippen LogP contribution < -0.4 is 10.1 Å². The average Bonchev–Trinajstić information content (AvgIpc) is 3.25. The molecule has 0 saturated carbocycles. The van der Waals surface area contributed by atoms with E-state index in [0.717, 1.165) is 22.0 Å². The topological polar surface area (TPSA) is 68.3 Å². The highest BCUT2D eigenvalue weighted by Gasteiger charge is 2.15. The Balaban J connectivity index is 1.39. The van der Waals surface area contributed by atoms with Crippen molar-refractivity contribution in [1.29, 1.82) is 0 Å². The third-order valence-electron chi connectivity index (χ3n) is 4.84. The number of hydrogen-bond acceptors (Lipinski definition) is 5. The second kappa shape index (κ2) is 9.29. The molecule has 3 aromatic carbocycles.